The van der Waals surface area contributed by atoms with E-state index in [1.54, 1.807) is 0 Å². The van der Waals surface area contributed by atoms with Crippen LogP contribution < -0.4 is 5.32 Å². The number of nitrogens with zero attached hydrogens (tertiary/aromatic N) is 5. The zero-order chi connectivity index (χ0) is 11.4. The Hall–Kier alpha value is -2.71. The smallest absolute Gasteiger partial charge is 0.206 e. The molecule has 84 valence electrons. The second-order valence-corrected chi connectivity index (χ2v) is 3.59. The van der Waals surface area contributed by atoms with Crippen molar-refractivity contribution in [1.82, 2.24) is 30.6 Å². The summed E-state index contributed by atoms with van der Waals surface area (Å²) in [6.45, 7) is 1.84. The van der Waals surface area contributed by atoms with Crippen LogP contribution in [0.2, 0.25) is 0 Å². The summed E-state index contributed by atoms with van der Waals surface area (Å²) in [6.07, 6.45) is 0. The Kier molecular flexibility index (Phi) is 1.34. The minimum atomic E-state index is 0.437. The Morgan fingerprint density at radius 3 is 2.41 bits per heavy atom. The topological polar surface area (TPSA) is 119 Å². The highest BCUT2D eigenvalue weighted by atomic mass is 16.6. The Labute approximate surface area is 93.2 Å². The number of aromatic nitrogens is 6. The lowest BCUT2D eigenvalue weighted by molar-refractivity contribution is 0.308. The van der Waals surface area contributed by atoms with E-state index in [2.05, 4.69) is 40.5 Å². The lowest BCUT2D eigenvalue weighted by atomic mass is 10.2. The van der Waals surface area contributed by atoms with Crippen molar-refractivity contribution in [1.29, 1.82) is 0 Å². The van der Waals surface area contributed by atoms with Crippen molar-refractivity contribution in [2.45, 2.75) is 6.92 Å². The summed E-state index contributed by atoms with van der Waals surface area (Å²) in [4.78, 5) is 7.42. The van der Waals surface area contributed by atoms with Crippen molar-refractivity contribution in [2.75, 3.05) is 5.32 Å². The van der Waals surface area contributed by atoms with E-state index in [1.165, 1.54) is 0 Å². The molecule has 0 aliphatic carbocycles. The van der Waals surface area contributed by atoms with E-state index in [1.807, 2.05) is 6.92 Å². The molecule has 0 spiro atoms. The summed E-state index contributed by atoms with van der Waals surface area (Å²) in [5, 5.41) is 18.1. The minimum Gasteiger partial charge on any atom is -0.340 e. The summed E-state index contributed by atoms with van der Waals surface area (Å²) in [6, 6.07) is 0. The van der Waals surface area contributed by atoms with Gasteiger partial charge in [-0.05, 0) is 27.6 Å². The summed E-state index contributed by atoms with van der Waals surface area (Å²) < 4.78 is 9.38. The second kappa shape index (κ2) is 2.70. The molecule has 0 fully saturated rings. The molecule has 0 saturated heterocycles. The van der Waals surface area contributed by atoms with Crippen LogP contribution in [0.15, 0.2) is 9.26 Å². The number of nitrogens with one attached hydrogen (secondary N) is 2. The first kappa shape index (κ1) is 8.44. The summed E-state index contributed by atoms with van der Waals surface area (Å²) in [7, 11) is 0. The molecule has 4 heterocycles. The zero-order valence-electron chi connectivity index (χ0n) is 8.55. The molecule has 0 unspecified atom stereocenters. The fraction of sp³-hybridized carbons (Fsp3) is 0.125. The van der Waals surface area contributed by atoms with Crippen LogP contribution in [0.3, 0.4) is 0 Å². The standard InChI is InChI=1S/C8H5N7O2/c1-2-9-3-4(10-2)6-8(15-17-13-6)11-7-5(3)12-16-14-7/h1H3,(H,9,10)(H,11,14,15). The van der Waals surface area contributed by atoms with E-state index in [0.717, 1.165) is 5.82 Å². The monoisotopic (exact) mass is 231 g/mol. The first-order valence-corrected chi connectivity index (χ1v) is 4.82. The predicted octanol–water partition coefficient (Wildman–Crippen LogP) is 0.875. The first-order chi connectivity index (χ1) is 8.33. The molecule has 0 amide bonds. The van der Waals surface area contributed by atoms with Crippen LogP contribution in [0.25, 0.3) is 22.8 Å². The molecule has 0 aromatic carbocycles. The summed E-state index contributed by atoms with van der Waals surface area (Å²) in [5.41, 5.74) is 2.35. The fourth-order valence-electron chi connectivity index (χ4n) is 1.81. The van der Waals surface area contributed by atoms with Gasteiger partial charge >= 0.3 is 0 Å². The van der Waals surface area contributed by atoms with Crippen molar-refractivity contribution >= 4 is 11.6 Å². The third-order valence-electron chi connectivity index (χ3n) is 2.50. The zero-order valence-corrected chi connectivity index (χ0v) is 8.55. The average molecular weight is 231 g/mol. The first-order valence-electron chi connectivity index (χ1n) is 4.82. The van der Waals surface area contributed by atoms with Crippen molar-refractivity contribution in [3.63, 3.8) is 0 Å². The predicted molar refractivity (Wildman–Crippen MR) is 53.2 cm³/mol. The number of hydrogen-bond donors (Lipinski definition) is 2. The maximum Gasteiger partial charge on any atom is 0.206 e. The van der Waals surface area contributed by atoms with E-state index in [9.17, 15) is 0 Å². The van der Waals surface area contributed by atoms with Gasteiger partial charge in [0, 0.05) is 0 Å². The van der Waals surface area contributed by atoms with Crippen LogP contribution in [0.5, 0.6) is 0 Å². The number of fused-ring (bicyclic) bond motifs is 5. The number of rotatable bonds is 0. The van der Waals surface area contributed by atoms with Crippen LogP contribution in [0.4, 0.5) is 11.6 Å². The summed E-state index contributed by atoms with van der Waals surface area (Å²) in [5.74, 6) is 1.62. The SMILES string of the molecule is Cc1nc2c([nH]1)-c1nonc1Nc1nonc1-2. The van der Waals surface area contributed by atoms with Crippen molar-refractivity contribution in [3.05, 3.63) is 5.82 Å². The lowest BCUT2D eigenvalue weighted by Crippen LogP contribution is -1.92. The Morgan fingerprint density at radius 2 is 1.59 bits per heavy atom. The van der Waals surface area contributed by atoms with Gasteiger partial charge in [-0.2, -0.15) is 0 Å². The molecule has 17 heavy (non-hydrogen) atoms. The molecule has 0 saturated carbocycles. The molecule has 1 aliphatic rings. The van der Waals surface area contributed by atoms with Gasteiger partial charge in [0.15, 0.2) is 11.4 Å². The number of aryl methyl sites for hydroxylation is 1. The average Bonchev–Trinajstić information content (AvgIpc) is 2.97. The second-order valence-electron chi connectivity index (χ2n) is 3.59. The normalized spacial score (nSPS) is 12.3. The fourth-order valence-corrected chi connectivity index (χ4v) is 1.81. The van der Waals surface area contributed by atoms with Crippen LogP contribution >= 0.6 is 0 Å². The minimum absolute atomic E-state index is 0.437. The summed E-state index contributed by atoms with van der Waals surface area (Å²) >= 11 is 0. The van der Waals surface area contributed by atoms with E-state index in [0.29, 0.717) is 34.4 Å². The molecule has 3 aromatic heterocycles. The molecule has 9 heteroatoms. The molecular formula is C8H5N7O2. The van der Waals surface area contributed by atoms with E-state index in [-0.39, 0.29) is 0 Å². The van der Waals surface area contributed by atoms with Crippen LogP contribution in [0.1, 0.15) is 5.82 Å². The molecule has 9 nitrogen and oxygen atoms in total. The van der Waals surface area contributed by atoms with Gasteiger partial charge in [0.25, 0.3) is 0 Å². The largest absolute Gasteiger partial charge is 0.340 e. The molecule has 1 aliphatic heterocycles. The third kappa shape index (κ3) is 0.994. The Morgan fingerprint density at radius 1 is 0.882 bits per heavy atom. The van der Waals surface area contributed by atoms with E-state index >= 15 is 0 Å². The van der Waals surface area contributed by atoms with Crippen molar-refractivity contribution < 1.29 is 9.26 Å². The molecule has 2 N–H and O–H groups in total. The number of anilines is 2. The van der Waals surface area contributed by atoms with Crippen molar-refractivity contribution in [3.8, 4) is 22.8 Å². The van der Waals surface area contributed by atoms with E-state index < -0.39 is 0 Å². The number of aromatic amines is 1. The molecule has 0 radical (unpaired) electrons. The van der Waals surface area contributed by atoms with Crippen LogP contribution in [0, 0.1) is 6.92 Å². The quantitative estimate of drug-likeness (QED) is 0.457. The van der Waals surface area contributed by atoms with Gasteiger partial charge in [-0.1, -0.05) is 0 Å². The molecule has 0 bridgehead atoms. The lowest BCUT2D eigenvalue weighted by Gasteiger charge is -1.93. The van der Waals surface area contributed by atoms with E-state index in [4.69, 9.17) is 4.63 Å². The van der Waals surface area contributed by atoms with Gasteiger partial charge in [-0.25, -0.2) is 14.2 Å². The van der Waals surface area contributed by atoms with Crippen molar-refractivity contribution in [2.24, 2.45) is 0 Å². The van der Waals surface area contributed by atoms with Gasteiger partial charge in [-0.15, -0.1) is 0 Å². The van der Waals surface area contributed by atoms with Gasteiger partial charge in [0.2, 0.25) is 11.6 Å². The van der Waals surface area contributed by atoms with Crippen LogP contribution in [-0.2, 0) is 0 Å². The molecule has 4 rings (SSSR count). The van der Waals surface area contributed by atoms with Gasteiger partial charge < -0.3 is 10.3 Å². The van der Waals surface area contributed by atoms with Gasteiger partial charge in [0.05, 0.1) is 0 Å². The molecular weight excluding hydrogens is 226 g/mol. The number of imidazole rings is 1. The van der Waals surface area contributed by atoms with Gasteiger partial charge in [-0.3, -0.25) is 0 Å². The van der Waals surface area contributed by atoms with Crippen LogP contribution in [-0.4, -0.2) is 30.6 Å². The number of H-pyrrole nitrogens is 1. The Bertz CT molecular complexity index is 651. The third-order valence-corrected chi connectivity index (χ3v) is 2.50. The highest BCUT2D eigenvalue weighted by molar-refractivity contribution is 5.89. The highest BCUT2D eigenvalue weighted by Gasteiger charge is 2.29. The maximum atomic E-state index is 4.69. The highest BCUT2D eigenvalue weighted by Crippen LogP contribution is 2.39. The Balaban J connectivity index is 2.13. The van der Waals surface area contributed by atoms with Gasteiger partial charge in [0.1, 0.15) is 17.2 Å². The molecule has 0 atom stereocenters. The number of hydrogen-bond acceptors (Lipinski definition) is 8. The maximum absolute atomic E-state index is 4.69. The molecule has 3 aromatic rings.